The maximum atomic E-state index is 5.49. The number of ether oxygens (including phenoxy) is 1. The molecule has 1 fully saturated rings. The third-order valence-corrected chi connectivity index (χ3v) is 3.68. The van der Waals surface area contributed by atoms with E-state index < -0.39 is 0 Å². The van der Waals surface area contributed by atoms with Crippen LogP contribution >= 0.6 is 0 Å². The van der Waals surface area contributed by atoms with Gasteiger partial charge in [0, 0.05) is 19.7 Å². The number of nitrogens with zero attached hydrogens (tertiary/aromatic N) is 5. The van der Waals surface area contributed by atoms with E-state index in [1.165, 1.54) is 0 Å². The van der Waals surface area contributed by atoms with Gasteiger partial charge in [-0.05, 0) is 20.3 Å². The quantitative estimate of drug-likeness (QED) is 0.834. The number of fused-ring (bicyclic) bond motifs is 1. The van der Waals surface area contributed by atoms with E-state index in [1.54, 1.807) is 6.33 Å². The number of anilines is 1. The Hall–Kier alpha value is -1.69. The van der Waals surface area contributed by atoms with Gasteiger partial charge in [0.05, 0.1) is 19.0 Å². The lowest BCUT2D eigenvalue weighted by molar-refractivity contribution is 0.193. The van der Waals surface area contributed by atoms with Crippen LogP contribution in [0.4, 0.5) is 5.82 Å². The van der Waals surface area contributed by atoms with Crippen LogP contribution in [0.2, 0.25) is 0 Å². The monoisotopic (exact) mass is 261 g/mol. The van der Waals surface area contributed by atoms with E-state index in [0.717, 1.165) is 49.7 Å². The Balaban J connectivity index is 2.05. The highest BCUT2D eigenvalue weighted by Gasteiger charge is 2.25. The highest BCUT2D eigenvalue weighted by atomic mass is 16.5. The Bertz CT molecular complexity index is 561. The van der Waals surface area contributed by atoms with E-state index in [9.17, 15) is 0 Å². The van der Waals surface area contributed by atoms with Gasteiger partial charge < -0.3 is 14.2 Å². The zero-order chi connectivity index (χ0) is 13.2. The van der Waals surface area contributed by atoms with E-state index in [4.69, 9.17) is 4.74 Å². The first-order valence-corrected chi connectivity index (χ1v) is 6.85. The Labute approximate surface area is 112 Å². The summed E-state index contributed by atoms with van der Waals surface area (Å²) < 4.78 is 7.53. The summed E-state index contributed by atoms with van der Waals surface area (Å²) in [5.74, 6) is 0.926. The molecule has 0 bridgehead atoms. The smallest absolute Gasteiger partial charge is 0.165 e. The first-order valence-electron chi connectivity index (χ1n) is 6.85. The third-order valence-electron chi connectivity index (χ3n) is 3.68. The number of hydrogen-bond acceptors (Lipinski definition) is 5. The largest absolute Gasteiger partial charge is 0.379 e. The van der Waals surface area contributed by atoms with Crippen LogP contribution in [-0.4, -0.2) is 45.3 Å². The van der Waals surface area contributed by atoms with Gasteiger partial charge in [0.2, 0.25) is 0 Å². The Morgan fingerprint density at radius 3 is 2.95 bits per heavy atom. The van der Waals surface area contributed by atoms with Gasteiger partial charge >= 0.3 is 0 Å². The molecule has 3 heterocycles. The zero-order valence-corrected chi connectivity index (χ0v) is 11.4. The van der Waals surface area contributed by atoms with E-state index >= 15 is 0 Å². The molecule has 0 unspecified atom stereocenters. The van der Waals surface area contributed by atoms with Crippen molar-refractivity contribution in [2.24, 2.45) is 0 Å². The highest BCUT2D eigenvalue weighted by Crippen LogP contribution is 2.25. The molecular weight excluding hydrogens is 242 g/mol. The van der Waals surface area contributed by atoms with Crippen molar-refractivity contribution in [1.82, 2.24) is 19.5 Å². The van der Waals surface area contributed by atoms with Crippen molar-refractivity contribution < 1.29 is 4.74 Å². The number of aryl methyl sites for hydroxylation is 1. The summed E-state index contributed by atoms with van der Waals surface area (Å²) in [5.41, 5.74) is 1.79. The topological polar surface area (TPSA) is 56.1 Å². The standard InChI is InChI=1S/C13H19N5O/c1-3-17-9-16-11-12(17)14-8-15-13(11)18(4-2)10-5-6-19-7-10/h8-10H,3-7H2,1-2H3/t10-/m0/s1. The molecule has 1 aliphatic rings. The molecule has 3 rings (SSSR count). The fourth-order valence-corrected chi connectivity index (χ4v) is 2.66. The fourth-order valence-electron chi connectivity index (χ4n) is 2.66. The van der Waals surface area contributed by atoms with Crippen molar-refractivity contribution in [3.63, 3.8) is 0 Å². The van der Waals surface area contributed by atoms with Crippen LogP contribution in [0.3, 0.4) is 0 Å². The molecule has 0 aliphatic carbocycles. The second kappa shape index (κ2) is 5.13. The first-order chi connectivity index (χ1) is 9.35. The van der Waals surface area contributed by atoms with Crippen LogP contribution in [0, 0.1) is 0 Å². The van der Waals surface area contributed by atoms with Crippen molar-refractivity contribution >= 4 is 17.0 Å². The second-order valence-electron chi connectivity index (χ2n) is 4.70. The average molecular weight is 261 g/mol. The van der Waals surface area contributed by atoms with Crippen LogP contribution in [0.15, 0.2) is 12.7 Å². The lowest BCUT2D eigenvalue weighted by atomic mass is 10.2. The third kappa shape index (κ3) is 2.06. The van der Waals surface area contributed by atoms with Crippen LogP contribution in [0.5, 0.6) is 0 Å². The van der Waals surface area contributed by atoms with Gasteiger partial charge in [-0.25, -0.2) is 15.0 Å². The minimum Gasteiger partial charge on any atom is -0.379 e. The Morgan fingerprint density at radius 1 is 1.37 bits per heavy atom. The Morgan fingerprint density at radius 2 is 2.26 bits per heavy atom. The van der Waals surface area contributed by atoms with Gasteiger partial charge in [-0.3, -0.25) is 0 Å². The molecule has 0 saturated carbocycles. The lowest BCUT2D eigenvalue weighted by Gasteiger charge is -2.27. The number of rotatable bonds is 4. The first kappa shape index (κ1) is 12.3. The summed E-state index contributed by atoms with van der Waals surface area (Å²) in [7, 11) is 0. The van der Waals surface area contributed by atoms with E-state index in [0.29, 0.717) is 6.04 Å². The van der Waals surface area contributed by atoms with Crippen molar-refractivity contribution in [2.75, 3.05) is 24.7 Å². The minimum absolute atomic E-state index is 0.398. The van der Waals surface area contributed by atoms with E-state index in [1.807, 2.05) is 10.9 Å². The minimum atomic E-state index is 0.398. The fraction of sp³-hybridized carbons (Fsp3) is 0.615. The van der Waals surface area contributed by atoms with Crippen LogP contribution in [0.1, 0.15) is 20.3 Å². The normalized spacial score (nSPS) is 19.2. The second-order valence-corrected chi connectivity index (χ2v) is 4.70. The van der Waals surface area contributed by atoms with Gasteiger partial charge in [-0.15, -0.1) is 0 Å². The van der Waals surface area contributed by atoms with Crippen LogP contribution in [0.25, 0.3) is 11.2 Å². The van der Waals surface area contributed by atoms with Gasteiger partial charge in [0.25, 0.3) is 0 Å². The van der Waals surface area contributed by atoms with Crippen LogP contribution < -0.4 is 4.90 Å². The molecule has 6 nitrogen and oxygen atoms in total. The molecule has 2 aromatic rings. The van der Waals surface area contributed by atoms with Crippen LogP contribution in [-0.2, 0) is 11.3 Å². The van der Waals surface area contributed by atoms with E-state index in [2.05, 4.69) is 33.7 Å². The maximum absolute atomic E-state index is 5.49. The maximum Gasteiger partial charge on any atom is 0.165 e. The van der Waals surface area contributed by atoms with Crippen molar-refractivity contribution in [1.29, 1.82) is 0 Å². The summed E-state index contributed by atoms with van der Waals surface area (Å²) in [5, 5.41) is 0. The molecule has 19 heavy (non-hydrogen) atoms. The number of aromatic nitrogens is 4. The van der Waals surface area contributed by atoms with Gasteiger partial charge in [0.15, 0.2) is 17.0 Å². The number of hydrogen-bond donors (Lipinski definition) is 0. The van der Waals surface area contributed by atoms with Gasteiger partial charge in [-0.1, -0.05) is 0 Å². The highest BCUT2D eigenvalue weighted by molar-refractivity contribution is 5.83. The predicted molar refractivity (Wildman–Crippen MR) is 73.2 cm³/mol. The van der Waals surface area contributed by atoms with Crippen molar-refractivity contribution in [3.8, 4) is 0 Å². The molecule has 1 saturated heterocycles. The summed E-state index contributed by atoms with van der Waals surface area (Å²) >= 11 is 0. The van der Waals surface area contributed by atoms with E-state index in [-0.39, 0.29) is 0 Å². The molecule has 0 amide bonds. The molecule has 102 valence electrons. The summed E-state index contributed by atoms with van der Waals surface area (Å²) in [6.45, 7) is 7.60. The van der Waals surface area contributed by atoms with Crippen molar-refractivity contribution in [2.45, 2.75) is 32.9 Å². The van der Waals surface area contributed by atoms with Gasteiger partial charge in [0.1, 0.15) is 6.33 Å². The Kier molecular flexibility index (Phi) is 3.33. The lowest BCUT2D eigenvalue weighted by Crippen LogP contribution is -2.36. The molecular formula is C13H19N5O. The molecule has 0 spiro atoms. The molecule has 1 aliphatic heterocycles. The average Bonchev–Trinajstić information content (AvgIpc) is 3.08. The zero-order valence-electron chi connectivity index (χ0n) is 11.4. The molecule has 0 radical (unpaired) electrons. The van der Waals surface area contributed by atoms with Gasteiger partial charge in [-0.2, -0.15) is 0 Å². The summed E-state index contributed by atoms with van der Waals surface area (Å²) in [6.07, 6.45) is 4.51. The molecule has 0 N–H and O–H groups in total. The number of imidazole rings is 1. The molecule has 6 heteroatoms. The summed E-state index contributed by atoms with van der Waals surface area (Å²) in [6, 6.07) is 0.398. The molecule has 0 aromatic carbocycles. The number of likely N-dealkylation sites (N-methyl/N-ethyl adjacent to an activating group) is 1. The predicted octanol–water partition coefficient (Wildman–Crippen LogP) is 1.46. The SMILES string of the molecule is CCN(c1ncnc2c1ncn2CC)[C@H]1CCOC1. The molecule has 2 aromatic heterocycles. The molecule has 1 atom stereocenters. The van der Waals surface area contributed by atoms with Crippen molar-refractivity contribution in [3.05, 3.63) is 12.7 Å². The summed E-state index contributed by atoms with van der Waals surface area (Å²) in [4.78, 5) is 15.6.